The van der Waals surface area contributed by atoms with Gasteiger partial charge in [-0.3, -0.25) is 9.78 Å². The molecule has 0 N–H and O–H groups in total. The number of aldehydes is 1. The number of methoxy groups -OCH3 is 1. The number of benzene rings is 3. The highest BCUT2D eigenvalue weighted by Gasteiger charge is 2.11. The monoisotopic (exact) mass is 449 g/mol. The van der Waals surface area contributed by atoms with Crippen molar-refractivity contribution in [3.63, 3.8) is 0 Å². The Bertz CT molecular complexity index is 1310. The van der Waals surface area contributed by atoms with Crippen molar-refractivity contribution in [2.45, 2.75) is 6.61 Å². The molecule has 4 rings (SSSR count). The third-order valence-electron chi connectivity index (χ3n) is 5.33. The standard InChI is InChI=1S/C29H23NO4/c1-33-29(32)14-10-23-17-26(34-20-21-6-3-2-4-7-21)11-13-27(23)22-9-12-28(25(16-22)19-31)24-8-5-15-30-18-24/h2-19H,20H2,1H3/b14-10+. The summed E-state index contributed by atoms with van der Waals surface area (Å²) in [5.74, 6) is 0.210. The second-order valence-electron chi connectivity index (χ2n) is 7.54. The lowest BCUT2D eigenvalue weighted by atomic mass is 9.93. The molecule has 0 fully saturated rings. The number of hydrogen-bond donors (Lipinski definition) is 0. The molecule has 0 aliphatic heterocycles. The van der Waals surface area contributed by atoms with Crippen molar-refractivity contribution < 1.29 is 19.1 Å². The minimum atomic E-state index is -0.456. The van der Waals surface area contributed by atoms with Crippen molar-refractivity contribution in [3.8, 4) is 28.0 Å². The summed E-state index contributed by atoms with van der Waals surface area (Å²) in [6.07, 6.45) is 7.31. The SMILES string of the molecule is COC(=O)/C=C/c1cc(OCc2ccccc2)ccc1-c1ccc(-c2cccnc2)c(C=O)c1. The Hall–Kier alpha value is -4.51. The van der Waals surface area contributed by atoms with Gasteiger partial charge in [-0.2, -0.15) is 0 Å². The van der Waals surface area contributed by atoms with Gasteiger partial charge in [0.1, 0.15) is 12.4 Å². The zero-order valence-electron chi connectivity index (χ0n) is 18.7. The van der Waals surface area contributed by atoms with Crippen LogP contribution in [0, 0.1) is 0 Å². The predicted octanol–water partition coefficient (Wildman–Crippen LogP) is 5.99. The molecule has 0 saturated heterocycles. The molecular formula is C29H23NO4. The van der Waals surface area contributed by atoms with Crippen LogP contribution in [0.4, 0.5) is 0 Å². The molecule has 0 spiro atoms. The molecule has 0 bridgehead atoms. The minimum Gasteiger partial charge on any atom is -0.489 e. The molecule has 34 heavy (non-hydrogen) atoms. The summed E-state index contributed by atoms with van der Waals surface area (Å²) in [6, 6.07) is 25.0. The molecule has 0 saturated carbocycles. The van der Waals surface area contributed by atoms with Crippen molar-refractivity contribution in [2.75, 3.05) is 7.11 Å². The minimum absolute atomic E-state index is 0.426. The molecule has 0 aliphatic carbocycles. The number of carbonyl (C=O) groups excluding carboxylic acids is 2. The maximum absolute atomic E-state index is 11.9. The van der Waals surface area contributed by atoms with Crippen LogP contribution in [-0.2, 0) is 16.1 Å². The number of aromatic nitrogens is 1. The first kappa shape index (κ1) is 22.7. The fourth-order valence-electron chi connectivity index (χ4n) is 3.61. The predicted molar refractivity (Wildman–Crippen MR) is 132 cm³/mol. The van der Waals surface area contributed by atoms with E-state index in [2.05, 4.69) is 4.98 Å². The lowest BCUT2D eigenvalue weighted by molar-refractivity contribution is -0.134. The van der Waals surface area contributed by atoms with Gasteiger partial charge in [-0.05, 0) is 58.2 Å². The van der Waals surface area contributed by atoms with Crippen LogP contribution >= 0.6 is 0 Å². The van der Waals surface area contributed by atoms with Crippen molar-refractivity contribution in [1.82, 2.24) is 4.98 Å². The molecule has 0 radical (unpaired) electrons. The molecule has 168 valence electrons. The molecule has 1 aromatic heterocycles. The molecule has 1 heterocycles. The van der Waals surface area contributed by atoms with E-state index in [0.29, 0.717) is 17.9 Å². The van der Waals surface area contributed by atoms with E-state index in [1.54, 1.807) is 18.5 Å². The molecule has 0 unspecified atom stereocenters. The van der Waals surface area contributed by atoms with Crippen molar-refractivity contribution in [3.05, 3.63) is 114 Å². The number of ether oxygens (including phenoxy) is 2. The third kappa shape index (κ3) is 5.45. The quantitative estimate of drug-likeness (QED) is 0.188. The smallest absolute Gasteiger partial charge is 0.330 e. The van der Waals surface area contributed by atoms with Gasteiger partial charge in [0.25, 0.3) is 0 Å². The Kier molecular flexibility index (Phi) is 7.25. The molecule has 4 aromatic rings. The highest BCUT2D eigenvalue weighted by molar-refractivity contribution is 5.92. The Balaban J connectivity index is 1.70. The molecule has 5 nitrogen and oxygen atoms in total. The Morgan fingerprint density at radius 2 is 1.68 bits per heavy atom. The fraction of sp³-hybridized carbons (Fsp3) is 0.0690. The van der Waals surface area contributed by atoms with E-state index < -0.39 is 5.97 Å². The maximum Gasteiger partial charge on any atom is 0.330 e. The summed E-state index contributed by atoms with van der Waals surface area (Å²) in [5, 5.41) is 0. The number of pyridine rings is 1. The summed E-state index contributed by atoms with van der Waals surface area (Å²) in [6.45, 7) is 0.426. The van der Waals surface area contributed by atoms with Gasteiger partial charge in [0.15, 0.2) is 6.29 Å². The van der Waals surface area contributed by atoms with Crippen molar-refractivity contribution in [1.29, 1.82) is 0 Å². The van der Waals surface area contributed by atoms with Crippen LogP contribution in [0.25, 0.3) is 28.3 Å². The van der Waals surface area contributed by atoms with Gasteiger partial charge in [-0.1, -0.05) is 54.6 Å². The van der Waals surface area contributed by atoms with Gasteiger partial charge in [0.2, 0.25) is 0 Å². The van der Waals surface area contributed by atoms with Gasteiger partial charge in [0, 0.05) is 29.6 Å². The lowest BCUT2D eigenvalue weighted by Crippen LogP contribution is -1.97. The zero-order chi connectivity index (χ0) is 23.8. The molecule has 0 atom stereocenters. The van der Waals surface area contributed by atoms with E-state index >= 15 is 0 Å². The van der Waals surface area contributed by atoms with Gasteiger partial charge in [0.05, 0.1) is 7.11 Å². The first-order chi connectivity index (χ1) is 16.7. The average Bonchev–Trinajstić information content (AvgIpc) is 2.91. The molecular weight excluding hydrogens is 426 g/mol. The van der Waals surface area contributed by atoms with Gasteiger partial charge < -0.3 is 9.47 Å². The molecule has 0 amide bonds. The summed E-state index contributed by atoms with van der Waals surface area (Å²) >= 11 is 0. The van der Waals surface area contributed by atoms with E-state index in [9.17, 15) is 9.59 Å². The average molecular weight is 450 g/mol. The zero-order valence-corrected chi connectivity index (χ0v) is 18.7. The number of hydrogen-bond acceptors (Lipinski definition) is 5. The third-order valence-corrected chi connectivity index (χ3v) is 5.33. The summed E-state index contributed by atoms with van der Waals surface area (Å²) in [7, 11) is 1.33. The van der Waals surface area contributed by atoms with Gasteiger partial charge in [-0.25, -0.2) is 4.79 Å². The van der Waals surface area contributed by atoms with Crippen LogP contribution in [0.2, 0.25) is 0 Å². The van der Waals surface area contributed by atoms with Crippen LogP contribution in [0.15, 0.2) is 97.3 Å². The van der Waals surface area contributed by atoms with Crippen LogP contribution in [0.3, 0.4) is 0 Å². The van der Waals surface area contributed by atoms with Crippen molar-refractivity contribution >= 4 is 18.3 Å². The highest BCUT2D eigenvalue weighted by Crippen LogP contribution is 2.32. The fourth-order valence-corrected chi connectivity index (χ4v) is 3.61. The summed E-state index contributed by atoms with van der Waals surface area (Å²) < 4.78 is 10.7. The van der Waals surface area contributed by atoms with E-state index in [0.717, 1.165) is 39.7 Å². The first-order valence-electron chi connectivity index (χ1n) is 10.7. The van der Waals surface area contributed by atoms with Crippen LogP contribution in [0.5, 0.6) is 5.75 Å². The summed E-state index contributed by atoms with van der Waals surface area (Å²) in [5.41, 5.74) is 5.74. The Morgan fingerprint density at radius 1 is 0.882 bits per heavy atom. The van der Waals surface area contributed by atoms with Crippen LogP contribution in [-0.4, -0.2) is 24.3 Å². The van der Waals surface area contributed by atoms with Gasteiger partial charge >= 0.3 is 5.97 Å². The van der Waals surface area contributed by atoms with Crippen LogP contribution in [0.1, 0.15) is 21.5 Å². The topological polar surface area (TPSA) is 65.5 Å². The lowest BCUT2D eigenvalue weighted by Gasteiger charge is -2.13. The Labute approximate surface area is 198 Å². The number of nitrogens with zero attached hydrogens (tertiary/aromatic N) is 1. The molecule has 3 aromatic carbocycles. The van der Waals surface area contributed by atoms with Gasteiger partial charge in [-0.15, -0.1) is 0 Å². The number of carbonyl (C=O) groups is 2. The Morgan fingerprint density at radius 3 is 2.41 bits per heavy atom. The van der Waals surface area contributed by atoms with Crippen molar-refractivity contribution in [2.24, 2.45) is 0 Å². The molecule has 0 aliphatic rings. The van der Waals surface area contributed by atoms with E-state index in [1.807, 2.05) is 78.9 Å². The molecule has 5 heteroatoms. The number of esters is 1. The second-order valence-corrected chi connectivity index (χ2v) is 7.54. The first-order valence-corrected chi connectivity index (χ1v) is 10.7. The number of rotatable bonds is 8. The van der Waals surface area contributed by atoms with E-state index in [1.165, 1.54) is 13.2 Å². The van der Waals surface area contributed by atoms with E-state index in [4.69, 9.17) is 9.47 Å². The van der Waals surface area contributed by atoms with Crippen LogP contribution < -0.4 is 4.74 Å². The van der Waals surface area contributed by atoms with E-state index in [-0.39, 0.29) is 0 Å². The maximum atomic E-state index is 11.9. The normalized spacial score (nSPS) is 10.7. The highest BCUT2D eigenvalue weighted by atomic mass is 16.5. The second kappa shape index (κ2) is 10.9. The largest absolute Gasteiger partial charge is 0.489 e. The summed E-state index contributed by atoms with van der Waals surface area (Å²) in [4.78, 5) is 27.8.